The number of methoxy groups -OCH3 is 2. The summed E-state index contributed by atoms with van der Waals surface area (Å²) in [6, 6.07) is 19.2. The number of ether oxygens (including phenoxy) is 2. The molecule has 44 heavy (non-hydrogen) atoms. The lowest BCUT2D eigenvalue weighted by Crippen LogP contribution is -2.33. The van der Waals surface area contributed by atoms with E-state index in [0.29, 0.717) is 32.7 Å². The number of amides is 3. The summed E-state index contributed by atoms with van der Waals surface area (Å²) in [6.45, 7) is -0.295. The highest BCUT2D eigenvalue weighted by Gasteiger charge is 2.57. The van der Waals surface area contributed by atoms with Crippen LogP contribution >= 0.6 is 23.1 Å². The smallest absolute Gasteiger partial charge is 0.308 e. The van der Waals surface area contributed by atoms with E-state index >= 15 is 0 Å². The normalized spacial score (nSPS) is 18.9. The largest absolute Gasteiger partial charge is 0.493 e. The fraction of sp³-hybridized carbons (Fsp3) is 0.200. The van der Waals surface area contributed by atoms with Gasteiger partial charge in [0, 0.05) is 28.6 Å². The second kappa shape index (κ2) is 11.6. The molecule has 2 aliphatic heterocycles. The summed E-state index contributed by atoms with van der Waals surface area (Å²) in [6.07, 6.45) is 0. The molecule has 0 saturated carbocycles. The van der Waals surface area contributed by atoms with Gasteiger partial charge in [0.25, 0.3) is 5.69 Å². The van der Waals surface area contributed by atoms with Gasteiger partial charge >= 0.3 is 4.87 Å². The van der Waals surface area contributed by atoms with E-state index in [-0.39, 0.29) is 17.9 Å². The van der Waals surface area contributed by atoms with Crippen LogP contribution in [0.1, 0.15) is 16.4 Å². The van der Waals surface area contributed by atoms with Crippen LogP contribution < -0.4 is 24.6 Å². The van der Waals surface area contributed by atoms with Gasteiger partial charge in [-0.05, 0) is 42.0 Å². The molecule has 1 aromatic heterocycles. The zero-order chi connectivity index (χ0) is 31.1. The molecule has 14 heteroatoms. The molecule has 224 valence electrons. The van der Waals surface area contributed by atoms with E-state index in [4.69, 9.17) is 9.47 Å². The van der Waals surface area contributed by atoms with Gasteiger partial charge in [0.05, 0.1) is 35.8 Å². The van der Waals surface area contributed by atoms with Gasteiger partial charge in [0.15, 0.2) is 11.5 Å². The number of non-ortho nitro benzene ring substituents is 1. The Kier molecular flexibility index (Phi) is 7.69. The fourth-order valence-electron chi connectivity index (χ4n) is 5.50. The van der Waals surface area contributed by atoms with Crippen molar-refractivity contribution in [3.8, 4) is 11.5 Å². The van der Waals surface area contributed by atoms with Crippen molar-refractivity contribution in [2.45, 2.75) is 22.7 Å². The van der Waals surface area contributed by atoms with Crippen LogP contribution in [0, 0.1) is 16.0 Å². The SMILES string of the molecule is COc1ccc([C@@H]2c3sc(=O)n(CC(=O)Nc4ccccc4)c3SC3C(=O)N(c4ccc([N+](=O)[O-])cc4)C(=O)C32)cc1OC. The molecule has 1 saturated heterocycles. The zero-order valence-electron chi connectivity index (χ0n) is 23.3. The van der Waals surface area contributed by atoms with Gasteiger partial charge in [0.2, 0.25) is 17.7 Å². The Morgan fingerprint density at radius 2 is 1.66 bits per heavy atom. The monoisotopic (exact) mass is 632 g/mol. The summed E-state index contributed by atoms with van der Waals surface area (Å²) in [7, 11) is 2.98. The minimum atomic E-state index is -0.930. The van der Waals surface area contributed by atoms with E-state index in [1.54, 1.807) is 42.5 Å². The van der Waals surface area contributed by atoms with E-state index in [1.807, 2.05) is 6.07 Å². The molecule has 0 spiro atoms. The zero-order valence-corrected chi connectivity index (χ0v) is 24.9. The third-order valence-electron chi connectivity index (χ3n) is 7.49. The van der Waals surface area contributed by atoms with Gasteiger partial charge in [-0.3, -0.25) is 33.9 Å². The molecule has 2 aliphatic rings. The number of thioether (sulfide) groups is 1. The highest BCUT2D eigenvalue weighted by molar-refractivity contribution is 8.00. The van der Waals surface area contributed by atoms with Crippen LogP contribution in [-0.4, -0.2) is 46.7 Å². The van der Waals surface area contributed by atoms with Gasteiger partial charge in [-0.1, -0.05) is 47.4 Å². The lowest BCUT2D eigenvalue weighted by molar-refractivity contribution is -0.384. The first-order chi connectivity index (χ1) is 21.2. The molecule has 6 rings (SSSR count). The first-order valence-electron chi connectivity index (χ1n) is 13.3. The highest BCUT2D eigenvalue weighted by Crippen LogP contribution is 2.54. The minimum absolute atomic E-state index is 0.178. The van der Waals surface area contributed by atoms with Crippen molar-refractivity contribution in [1.29, 1.82) is 0 Å². The number of nitro groups is 1. The standard InChI is InChI=1S/C30H24N4O8S2/c1-41-20-13-8-16(14-21(20)42-2)23-24-25(28(37)33(27(24)36)18-9-11-19(12-10-18)34(39)40)43-29-26(23)44-30(38)32(29)15-22(35)31-17-6-4-3-5-7-17/h3-14,23-25H,15H2,1-2H3,(H,31,35)/t23-,24?,25?/m0/s1. The quantitative estimate of drug-likeness (QED) is 0.171. The van der Waals surface area contributed by atoms with Crippen molar-refractivity contribution in [3.05, 3.63) is 103 Å². The molecule has 4 aromatic rings. The molecular formula is C30H24N4O8S2. The maximum Gasteiger partial charge on any atom is 0.308 e. The van der Waals surface area contributed by atoms with Crippen molar-refractivity contribution < 1.29 is 28.8 Å². The predicted molar refractivity (Wildman–Crippen MR) is 164 cm³/mol. The number of benzene rings is 3. The van der Waals surface area contributed by atoms with Gasteiger partial charge in [0.1, 0.15) is 11.8 Å². The number of anilines is 2. The molecule has 3 atom stereocenters. The molecule has 2 unspecified atom stereocenters. The average molecular weight is 633 g/mol. The Labute approximate surface area is 258 Å². The lowest BCUT2D eigenvalue weighted by atomic mass is 9.83. The van der Waals surface area contributed by atoms with Crippen LogP contribution in [0.2, 0.25) is 0 Å². The second-order valence-corrected chi connectivity index (χ2v) is 12.1. The fourth-order valence-corrected chi connectivity index (χ4v) is 8.28. The van der Waals surface area contributed by atoms with E-state index in [0.717, 1.165) is 28.0 Å². The number of thiazole rings is 1. The molecule has 3 heterocycles. The molecule has 0 radical (unpaired) electrons. The molecule has 0 bridgehead atoms. The van der Waals surface area contributed by atoms with Crippen LogP contribution in [-0.2, 0) is 20.9 Å². The number of rotatable bonds is 8. The van der Waals surface area contributed by atoms with Gasteiger partial charge < -0.3 is 14.8 Å². The Morgan fingerprint density at radius 3 is 2.32 bits per heavy atom. The third-order valence-corrected chi connectivity index (χ3v) is 10.1. The van der Waals surface area contributed by atoms with Crippen molar-refractivity contribution in [2.75, 3.05) is 24.4 Å². The van der Waals surface area contributed by atoms with Crippen molar-refractivity contribution >= 4 is 57.9 Å². The number of imide groups is 1. The summed E-state index contributed by atoms with van der Waals surface area (Å²) in [4.78, 5) is 66.1. The number of carbonyl (C=O) groups excluding carboxylic acids is 3. The van der Waals surface area contributed by atoms with Crippen molar-refractivity contribution in [3.63, 3.8) is 0 Å². The van der Waals surface area contributed by atoms with Crippen molar-refractivity contribution in [1.82, 2.24) is 4.57 Å². The van der Waals surface area contributed by atoms with Gasteiger partial charge in [-0.25, -0.2) is 4.90 Å². The van der Waals surface area contributed by atoms with E-state index in [2.05, 4.69) is 5.32 Å². The summed E-state index contributed by atoms with van der Waals surface area (Å²) >= 11 is 2.00. The minimum Gasteiger partial charge on any atom is -0.493 e. The molecule has 1 fully saturated rings. The second-order valence-electron chi connectivity index (χ2n) is 9.98. The van der Waals surface area contributed by atoms with Crippen molar-refractivity contribution in [2.24, 2.45) is 5.92 Å². The number of hydrogen-bond donors (Lipinski definition) is 1. The maximum atomic E-state index is 14.1. The van der Waals surface area contributed by atoms with E-state index in [9.17, 15) is 29.3 Å². The summed E-state index contributed by atoms with van der Waals surface area (Å²) < 4.78 is 12.2. The maximum absolute atomic E-state index is 14.1. The summed E-state index contributed by atoms with van der Waals surface area (Å²) in [5.74, 6) is -2.22. The van der Waals surface area contributed by atoms with Crippen LogP contribution in [0.3, 0.4) is 0 Å². The number of aromatic nitrogens is 1. The van der Waals surface area contributed by atoms with Gasteiger partial charge in [-0.2, -0.15) is 0 Å². The number of carbonyl (C=O) groups is 3. The first kappa shape index (κ1) is 29.1. The van der Waals surface area contributed by atoms with E-state index < -0.39 is 44.6 Å². The summed E-state index contributed by atoms with van der Waals surface area (Å²) in [5, 5.41) is 13.5. The topological polar surface area (TPSA) is 150 Å². The Bertz CT molecular complexity index is 1850. The first-order valence-corrected chi connectivity index (χ1v) is 15.0. The predicted octanol–water partition coefficient (Wildman–Crippen LogP) is 4.27. The Morgan fingerprint density at radius 1 is 0.955 bits per heavy atom. The molecule has 0 aliphatic carbocycles. The molecule has 3 aromatic carbocycles. The van der Waals surface area contributed by atoms with Crippen LogP contribution in [0.25, 0.3) is 0 Å². The number of nitrogens with zero attached hydrogens (tertiary/aromatic N) is 3. The summed E-state index contributed by atoms with van der Waals surface area (Å²) in [5.41, 5.74) is 1.21. The Hall–Kier alpha value is -4.95. The molecule has 3 amide bonds. The number of nitro benzene ring substituents is 1. The van der Waals surface area contributed by atoms with Gasteiger partial charge in [-0.15, -0.1) is 0 Å². The number of hydrogen-bond acceptors (Lipinski definition) is 10. The van der Waals surface area contributed by atoms with Crippen LogP contribution in [0.5, 0.6) is 11.5 Å². The molecular weight excluding hydrogens is 608 g/mol. The van der Waals surface area contributed by atoms with Crippen LogP contribution in [0.15, 0.2) is 82.6 Å². The molecule has 1 N–H and O–H groups in total. The van der Waals surface area contributed by atoms with E-state index in [1.165, 1.54) is 43.1 Å². The number of fused-ring (bicyclic) bond motifs is 2. The van der Waals surface area contributed by atoms with Crippen LogP contribution in [0.4, 0.5) is 17.1 Å². The highest BCUT2D eigenvalue weighted by atomic mass is 32.2. The third kappa shape index (κ3) is 5.01. The average Bonchev–Trinajstić information content (AvgIpc) is 3.47. The molecule has 12 nitrogen and oxygen atoms in total. The number of para-hydroxylation sites is 1. The lowest BCUT2D eigenvalue weighted by Gasteiger charge is -2.31. The number of nitrogens with one attached hydrogen (secondary N) is 1. The Balaban J connectivity index is 1.44.